The number of aliphatic imine (C=N–C) groups is 1. The van der Waals surface area contributed by atoms with Crippen LogP contribution < -0.4 is 5.32 Å². The molecule has 3 rings (SSSR count). The maximum atomic E-state index is 5.02. The van der Waals surface area contributed by atoms with Gasteiger partial charge in [0.25, 0.3) is 0 Å². The molecule has 1 N–H and O–H groups in total. The van der Waals surface area contributed by atoms with Gasteiger partial charge in [0.2, 0.25) is 0 Å². The molecule has 1 saturated heterocycles. The molecule has 1 unspecified atom stereocenters. The Hall–Kier alpha value is -1.59. The first kappa shape index (κ1) is 18.2. The predicted molar refractivity (Wildman–Crippen MR) is 102 cm³/mol. The van der Waals surface area contributed by atoms with Crippen molar-refractivity contribution in [1.82, 2.24) is 25.0 Å². The van der Waals surface area contributed by atoms with E-state index < -0.39 is 0 Å². The smallest absolute Gasteiger partial charge is 0.193 e. The van der Waals surface area contributed by atoms with Gasteiger partial charge in [-0.05, 0) is 50.9 Å². The first-order valence-electron chi connectivity index (χ1n) is 10.0. The number of hydrogen-bond acceptors (Lipinski definition) is 3. The van der Waals surface area contributed by atoms with Crippen molar-refractivity contribution >= 4 is 5.96 Å². The summed E-state index contributed by atoms with van der Waals surface area (Å²) in [5.74, 6) is 3.86. The van der Waals surface area contributed by atoms with Crippen LogP contribution >= 0.6 is 0 Å². The highest BCUT2D eigenvalue weighted by Crippen LogP contribution is 2.36. The lowest BCUT2D eigenvalue weighted by atomic mass is 9.82. The molecule has 6 heteroatoms. The molecule has 140 valence electrons. The minimum atomic E-state index is 0.482. The number of aromatic nitrogens is 3. The summed E-state index contributed by atoms with van der Waals surface area (Å²) >= 11 is 0. The number of rotatable bonds is 5. The van der Waals surface area contributed by atoms with Crippen LogP contribution in [0.15, 0.2) is 4.99 Å². The summed E-state index contributed by atoms with van der Waals surface area (Å²) in [4.78, 5) is 7.50. The topological polar surface area (TPSA) is 58.3 Å². The number of fused-ring (bicyclic) bond motifs is 1. The summed E-state index contributed by atoms with van der Waals surface area (Å²) in [7, 11) is 0. The largest absolute Gasteiger partial charge is 0.357 e. The normalized spacial score (nSPS) is 23.0. The molecule has 1 aromatic rings. The Morgan fingerprint density at radius 2 is 2.08 bits per heavy atom. The molecule has 0 bridgehead atoms. The van der Waals surface area contributed by atoms with E-state index in [1.54, 1.807) is 0 Å². The number of nitrogens with one attached hydrogen (secondary N) is 1. The van der Waals surface area contributed by atoms with E-state index in [0.29, 0.717) is 11.3 Å². The van der Waals surface area contributed by atoms with E-state index in [4.69, 9.17) is 4.99 Å². The third-order valence-electron chi connectivity index (χ3n) is 6.30. The average molecular weight is 347 g/mol. The molecule has 0 aliphatic carbocycles. The second-order valence-electron chi connectivity index (χ2n) is 7.75. The molecule has 1 aromatic heterocycles. The van der Waals surface area contributed by atoms with Crippen molar-refractivity contribution in [2.45, 2.75) is 66.3 Å². The monoisotopic (exact) mass is 346 g/mol. The summed E-state index contributed by atoms with van der Waals surface area (Å²) in [6, 6.07) is 0. The van der Waals surface area contributed by atoms with Crippen molar-refractivity contribution in [3.05, 3.63) is 11.6 Å². The van der Waals surface area contributed by atoms with E-state index in [1.165, 1.54) is 19.3 Å². The van der Waals surface area contributed by atoms with Gasteiger partial charge in [0.05, 0.1) is 0 Å². The van der Waals surface area contributed by atoms with E-state index >= 15 is 0 Å². The summed E-state index contributed by atoms with van der Waals surface area (Å²) in [5, 5.41) is 12.0. The van der Waals surface area contributed by atoms with Crippen LogP contribution in [-0.4, -0.2) is 51.8 Å². The lowest BCUT2D eigenvalue weighted by Crippen LogP contribution is -2.41. The minimum absolute atomic E-state index is 0.482. The molecule has 0 saturated carbocycles. The first-order valence-corrected chi connectivity index (χ1v) is 10.0. The minimum Gasteiger partial charge on any atom is -0.357 e. The highest BCUT2D eigenvalue weighted by atomic mass is 15.3. The molecular formula is C19H34N6. The van der Waals surface area contributed by atoms with Crippen molar-refractivity contribution in [3.63, 3.8) is 0 Å². The van der Waals surface area contributed by atoms with E-state index in [2.05, 4.69) is 45.8 Å². The molecule has 0 amide bonds. The van der Waals surface area contributed by atoms with Crippen LogP contribution in [0.4, 0.5) is 0 Å². The number of hydrogen-bond donors (Lipinski definition) is 1. The van der Waals surface area contributed by atoms with E-state index in [0.717, 1.165) is 63.2 Å². The van der Waals surface area contributed by atoms with E-state index in [9.17, 15) is 0 Å². The van der Waals surface area contributed by atoms with Gasteiger partial charge in [-0.2, -0.15) is 0 Å². The first-order chi connectivity index (χ1) is 12.1. The lowest BCUT2D eigenvalue weighted by Gasteiger charge is -2.28. The van der Waals surface area contributed by atoms with Gasteiger partial charge in [0.1, 0.15) is 11.6 Å². The third-order valence-corrected chi connectivity index (χ3v) is 6.30. The zero-order valence-electron chi connectivity index (χ0n) is 16.4. The Bertz CT molecular complexity index is 601. The van der Waals surface area contributed by atoms with E-state index in [1.807, 2.05) is 6.92 Å². The predicted octanol–water partition coefficient (Wildman–Crippen LogP) is 2.63. The number of nitrogens with zero attached hydrogens (tertiary/aromatic N) is 5. The molecule has 0 aromatic carbocycles. The van der Waals surface area contributed by atoms with Crippen molar-refractivity contribution in [2.24, 2.45) is 16.3 Å². The fraction of sp³-hybridized carbons (Fsp3) is 0.842. The van der Waals surface area contributed by atoms with Gasteiger partial charge in [-0.15, -0.1) is 10.2 Å². The Kier molecular flexibility index (Phi) is 5.64. The quantitative estimate of drug-likeness (QED) is 0.658. The summed E-state index contributed by atoms with van der Waals surface area (Å²) in [5.41, 5.74) is 0.482. The Labute approximate surface area is 152 Å². The van der Waals surface area contributed by atoms with Crippen molar-refractivity contribution < 1.29 is 0 Å². The van der Waals surface area contributed by atoms with E-state index in [-0.39, 0.29) is 0 Å². The molecule has 2 aliphatic rings. The van der Waals surface area contributed by atoms with Crippen molar-refractivity contribution in [2.75, 3.05) is 26.2 Å². The van der Waals surface area contributed by atoms with Crippen LogP contribution in [0.2, 0.25) is 0 Å². The molecule has 25 heavy (non-hydrogen) atoms. The van der Waals surface area contributed by atoms with Crippen LogP contribution in [0.1, 0.15) is 58.1 Å². The maximum absolute atomic E-state index is 5.02. The second kappa shape index (κ2) is 7.75. The SMILES string of the molecule is CCNC(=NCC1CCc2nnc(C)n2C1)N1CCC(CC)(CC)C1. The fourth-order valence-corrected chi connectivity index (χ4v) is 4.26. The Balaban J connectivity index is 1.64. The van der Waals surface area contributed by atoms with Gasteiger partial charge in [-0.25, -0.2) is 0 Å². The van der Waals surface area contributed by atoms with Crippen LogP contribution in [-0.2, 0) is 13.0 Å². The summed E-state index contributed by atoms with van der Waals surface area (Å²) in [6.07, 6.45) is 6.00. The molecular weight excluding hydrogens is 312 g/mol. The zero-order chi connectivity index (χ0) is 17.9. The van der Waals surface area contributed by atoms with Gasteiger partial charge in [0.15, 0.2) is 5.96 Å². The van der Waals surface area contributed by atoms with Gasteiger partial charge in [-0.3, -0.25) is 4.99 Å². The summed E-state index contributed by atoms with van der Waals surface area (Å²) in [6.45, 7) is 14.0. The average Bonchev–Trinajstić information content (AvgIpc) is 3.23. The zero-order valence-corrected chi connectivity index (χ0v) is 16.4. The Morgan fingerprint density at radius 3 is 2.76 bits per heavy atom. The second-order valence-corrected chi connectivity index (χ2v) is 7.75. The van der Waals surface area contributed by atoms with Gasteiger partial charge in [-0.1, -0.05) is 13.8 Å². The van der Waals surface area contributed by atoms with Crippen molar-refractivity contribution in [3.8, 4) is 0 Å². The standard InChI is InChI=1S/C19H34N6/c1-5-19(6-2)10-11-24(14-19)18(20-7-3)21-12-16-8-9-17-23-22-15(4)25(17)13-16/h16H,5-14H2,1-4H3,(H,20,21). The van der Waals surface area contributed by atoms with Crippen LogP contribution in [0.5, 0.6) is 0 Å². The molecule has 3 heterocycles. The molecule has 2 aliphatic heterocycles. The lowest BCUT2D eigenvalue weighted by molar-refractivity contribution is 0.275. The van der Waals surface area contributed by atoms with Crippen LogP contribution in [0.25, 0.3) is 0 Å². The molecule has 0 spiro atoms. The molecule has 6 nitrogen and oxygen atoms in total. The number of aryl methyl sites for hydroxylation is 2. The Morgan fingerprint density at radius 1 is 1.28 bits per heavy atom. The maximum Gasteiger partial charge on any atom is 0.193 e. The van der Waals surface area contributed by atoms with Crippen LogP contribution in [0, 0.1) is 18.3 Å². The third kappa shape index (κ3) is 3.82. The molecule has 1 fully saturated rings. The molecule has 0 radical (unpaired) electrons. The van der Waals surface area contributed by atoms with Crippen molar-refractivity contribution in [1.29, 1.82) is 0 Å². The van der Waals surface area contributed by atoms with Crippen LogP contribution in [0.3, 0.4) is 0 Å². The van der Waals surface area contributed by atoms with Gasteiger partial charge < -0.3 is 14.8 Å². The van der Waals surface area contributed by atoms with Gasteiger partial charge in [0, 0.05) is 39.1 Å². The fourth-order valence-electron chi connectivity index (χ4n) is 4.26. The highest BCUT2D eigenvalue weighted by molar-refractivity contribution is 5.80. The summed E-state index contributed by atoms with van der Waals surface area (Å²) < 4.78 is 2.27. The number of guanidine groups is 1. The van der Waals surface area contributed by atoms with Gasteiger partial charge >= 0.3 is 0 Å². The highest BCUT2D eigenvalue weighted by Gasteiger charge is 2.36. The molecule has 1 atom stereocenters. The number of likely N-dealkylation sites (tertiary alicyclic amines) is 1.